The summed E-state index contributed by atoms with van der Waals surface area (Å²) in [6.07, 6.45) is 1.85. The molecule has 1 heterocycles. The molecule has 0 aromatic heterocycles. The van der Waals surface area contributed by atoms with Crippen LogP contribution in [0.4, 0.5) is 0 Å². The molecule has 21 heavy (non-hydrogen) atoms. The zero-order valence-corrected chi connectivity index (χ0v) is 12.1. The lowest BCUT2D eigenvalue weighted by molar-refractivity contribution is -0.131. The Morgan fingerprint density at radius 3 is 2.48 bits per heavy atom. The first-order valence-corrected chi connectivity index (χ1v) is 7.27. The zero-order chi connectivity index (χ0) is 14.8. The Morgan fingerprint density at radius 2 is 1.81 bits per heavy atom. The maximum atomic E-state index is 12.3. The molecule has 104 valence electrons. The van der Waals surface area contributed by atoms with Gasteiger partial charge in [-0.3, -0.25) is 9.59 Å². The van der Waals surface area contributed by atoms with E-state index >= 15 is 0 Å². The van der Waals surface area contributed by atoms with Gasteiger partial charge >= 0.3 is 5.97 Å². The highest BCUT2D eigenvalue weighted by molar-refractivity contribution is 8.04. The van der Waals surface area contributed by atoms with Crippen molar-refractivity contribution >= 4 is 29.6 Å². The van der Waals surface area contributed by atoms with Crippen molar-refractivity contribution in [2.75, 3.05) is 0 Å². The minimum atomic E-state index is -0.349. The van der Waals surface area contributed by atoms with Crippen LogP contribution in [-0.4, -0.2) is 11.8 Å². The molecule has 0 radical (unpaired) electrons. The molecule has 0 amide bonds. The van der Waals surface area contributed by atoms with Crippen LogP contribution in [0.25, 0.3) is 6.08 Å². The molecule has 4 heteroatoms. The van der Waals surface area contributed by atoms with E-state index in [1.165, 1.54) is 18.7 Å². The molecule has 1 aliphatic heterocycles. The fourth-order valence-electron chi connectivity index (χ4n) is 2.09. The number of ketones is 1. The highest BCUT2D eigenvalue weighted by atomic mass is 32.2. The molecule has 0 unspecified atom stereocenters. The van der Waals surface area contributed by atoms with E-state index in [1.54, 1.807) is 12.1 Å². The minimum absolute atomic E-state index is 0.0552. The third-order valence-corrected chi connectivity index (χ3v) is 4.11. The lowest BCUT2D eigenvalue weighted by Crippen LogP contribution is -2.00. The van der Waals surface area contributed by atoms with Crippen molar-refractivity contribution in [3.8, 4) is 5.75 Å². The second-order valence-corrected chi connectivity index (χ2v) is 5.68. The second-order valence-electron chi connectivity index (χ2n) is 4.60. The molecule has 0 fully saturated rings. The molecule has 2 aromatic carbocycles. The summed E-state index contributed by atoms with van der Waals surface area (Å²) < 4.78 is 4.98. The molecule has 0 bridgehead atoms. The van der Waals surface area contributed by atoms with Gasteiger partial charge in [-0.05, 0) is 35.9 Å². The van der Waals surface area contributed by atoms with Crippen molar-refractivity contribution in [3.05, 3.63) is 64.6 Å². The Morgan fingerprint density at radius 1 is 1.10 bits per heavy atom. The Hall–Kier alpha value is -2.33. The van der Waals surface area contributed by atoms with E-state index in [4.69, 9.17) is 4.74 Å². The van der Waals surface area contributed by atoms with Gasteiger partial charge in [0.1, 0.15) is 5.75 Å². The molecular formula is C17H12O3S. The van der Waals surface area contributed by atoms with Crippen molar-refractivity contribution in [3.63, 3.8) is 0 Å². The molecule has 0 N–H and O–H groups in total. The summed E-state index contributed by atoms with van der Waals surface area (Å²) in [4.78, 5) is 24.8. The standard InChI is InChI=1S/C17H12O3S/c1-11(18)20-13-8-6-12(7-9-13)10-16-17(19)14-4-2-3-5-15(14)21-16/h2-10H,1H3/b16-10+. The van der Waals surface area contributed by atoms with Gasteiger partial charge in [-0.25, -0.2) is 0 Å². The predicted octanol–water partition coefficient (Wildman–Crippen LogP) is 3.94. The molecule has 0 spiro atoms. The first-order chi connectivity index (χ1) is 10.1. The number of esters is 1. The first-order valence-electron chi connectivity index (χ1n) is 6.45. The van der Waals surface area contributed by atoms with Gasteiger partial charge in [0, 0.05) is 17.4 Å². The summed E-state index contributed by atoms with van der Waals surface area (Å²) in [5, 5.41) is 0. The van der Waals surface area contributed by atoms with E-state index in [0.29, 0.717) is 10.7 Å². The number of hydrogen-bond donors (Lipinski definition) is 0. The Bertz CT molecular complexity index is 745. The molecule has 0 aliphatic carbocycles. The molecule has 3 rings (SSSR count). The number of benzene rings is 2. The van der Waals surface area contributed by atoms with Crippen LogP contribution in [0.3, 0.4) is 0 Å². The third-order valence-electron chi connectivity index (χ3n) is 3.01. The minimum Gasteiger partial charge on any atom is -0.427 e. The van der Waals surface area contributed by atoms with E-state index in [1.807, 2.05) is 42.5 Å². The highest BCUT2D eigenvalue weighted by Crippen LogP contribution is 2.40. The van der Waals surface area contributed by atoms with Crippen LogP contribution in [0.15, 0.2) is 58.3 Å². The molecule has 2 aromatic rings. The summed E-state index contributed by atoms with van der Waals surface area (Å²) in [5.74, 6) is 0.205. The summed E-state index contributed by atoms with van der Waals surface area (Å²) in [7, 11) is 0. The highest BCUT2D eigenvalue weighted by Gasteiger charge is 2.24. The fraction of sp³-hybridized carbons (Fsp3) is 0.0588. The normalized spacial score (nSPS) is 15.1. The Kier molecular flexibility index (Phi) is 3.62. The maximum absolute atomic E-state index is 12.3. The number of ether oxygens (including phenoxy) is 1. The van der Waals surface area contributed by atoms with Crippen LogP contribution in [0.1, 0.15) is 22.8 Å². The first kappa shape index (κ1) is 13.6. The molecule has 1 aliphatic rings. The Balaban J connectivity index is 1.84. The lowest BCUT2D eigenvalue weighted by atomic mass is 10.1. The lowest BCUT2D eigenvalue weighted by Gasteiger charge is -2.01. The van der Waals surface area contributed by atoms with Crippen molar-refractivity contribution in [1.29, 1.82) is 0 Å². The van der Waals surface area contributed by atoms with Crippen LogP contribution < -0.4 is 4.74 Å². The zero-order valence-electron chi connectivity index (χ0n) is 11.3. The SMILES string of the molecule is CC(=O)Oc1ccc(/C=C2/Sc3ccccc3C2=O)cc1. The van der Waals surface area contributed by atoms with E-state index in [2.05, 4.69) is 0 Å². The topological polar surface area (TPSA) is 43.4 Å². The number of fused-ring (bicyclic) bond motifs is 1. The van der Waals surface area contributed by atoms with Gasteiger partial charge in [0.15, 0.2) is 0 Å². The third kappa shape index (κ3) is 2.90. The van der Waals surface area contributed by atoms with Crippen molar-refractivity contribution in [2.45, 2.75) is 11.8 Å². The molecule has 0 saturated heterocycles. The average Bonchev–Trinajstić information content (AvgIpc) is 2.78. The van der Waals surface area contributed by atoms with Crippen LogP contribution in [-0.2, 0) is 4.79 Å². The van der Waals surface area contributed by atoms with E-state index in [-0.39, 0.29) is 11.8 Å². The number of rotatable bonds is 2. The van der Waals surface area contributed by atoms with Gasteiger partial charge in [0.2, 0.25) is 5.78 Å². The Labute approximate surface area is 126 Å². The number of Topliss-reactive ketones (excluding diaryl/α,β-unsaturated/α-hetero) is 1. The van der Waals surface area contributed by atoms with Gasteiger partial charge in [0.05, 0.1) is 4.91 Å². The number of allylic oxidation sites excluding steroid dienone is 1. The van der Waals surface area contributed by atoms with Gasteiger partial charge in [-0.15, -0.1) is 0 Å². The number of carbonyl (C=O) groups is 2. The summed E-state index contributed by atoms with van der Waals surface area (Å²) in [6, 6.07) is 14.7. The van der Waals surface area contributed by atoms with Crippen LogP contribution >= 0.6 is 11.8 Å². The smallest absolute Gasteiger partial charge is 0.308 e. The maximum Gasteiger partial charge on any atom is 0.308 e. The molecule has 0 saturated carbocycles. The summed E-state index contributed by atoms with van der Waals surface area (Å²) in [5.41, 5.74) is 1.65. The number of hydrogen-bond acceptors (Lipinski definition) is 4. The van der Waals surface area contributed by atoms with Crippen LogP contribution in [0.2, 0.25) is 0 Å². The number of thioether (sulfide) groups is 1. The van der Waals surface area contributed by atoms with Crippen molar-refractivity contribution in [1.82, 2.24) is 0 Å². The van der Waals surface area contributed by atoms with E-state index in [0.717, 1.165) is 16.0 Å². The van der Waals surface area contributed by atoms with Gasteiger partial charge in [0.25, 0.3) is 0 Å². The summed E-state index contributed by atoms with van der Waals surface area (Å²) in [6.45, 7) is 1.36. The van der Waals surface area contributed by atoms with E-state index < -0.39 is 0 Å². The predicted molar refractivity (Wildman–Crippen MR) is 82.4 cm³/mol. The van der Waals surface area contributed by atoms with Gasteiger partial charge in [-0.2, -0.15) is 0 Å². The number of carbonyl (C=O) groups excluding carboxylic acids is 2. The monoisotopic (exact) mass is 296 g/mol. The van der Waals surface area contributed by atoms with Crippen LogP contribution in [0.5, 0.6) is 5.75 Å². The summed E-state index contributed by atoms with van der Waals surface area (Å²) >= 11 is 1.48. The molecule has 3 nitrogen and oxygen atoms in total. The quantitative estimate of drug-likeness (QED) is 0.478. The second kappa shape index (κ2) is 5.58. The van der Waals surface area contributed by atoms with Gasteiger partial charge < -0.3 is 4.74 Å². The molecule has 0 atom stereocenters. The molecular weight excluding hydrogens is 284 g/mol. The van der Waals surface area contributed by atoms with Crippen molar-refractivity contribution < 1.29 is 14.3 Å². The van der Waals surface area contributed by atoms with Crippen LogP contribution in [0, 0.1) is 0 Å². The van der Waals surface area contributed by atoms with Crippen molar-refractivity contribution in [2.24, 2.45) is 0 Å². The van der Waals surface area contributed by atoms with E-state index in [9.17, 15) is 9.59 Å². The van der Waals surface area contributed by atoms with Gasteiger partial charge in [-0.1, -0.05) is 36.0 Å². The fourth-order valence-corrected chi connectivity index (χ4v) is 3.14. The largest absolute Gasteiger partial charge is 0.427 e. The average molecular weight is 296 g/mol.